The number of amides is 3. The first-order valence-electron chi connectivity index (χ1n) is 10.8. The number of hydrogen-bond donors (Lipinski definition) is 4. The van der Waals surface area contributed by atoms with E-state index in [1.54, 1.807) is 54.6 Å². The van der Waals surface area contributed by atoms with Crippen molar-refractivity contribution < 1.29 is 19.5 Å². The van der Waals surface area contributed by atoms with Gasteiger partial charge in [0.2, 0.25) is 0 Å². The number of carboxylic acids is 1. The molecule has 1 unspecified atom stereocenters. The second kappa shape index (κ2) is 10.3. The molecule has 4 aromatic carbocycles. The van der Waals surface area contributed by atoms with Crippen molar-refractivity contribution in [2.75, 3.05) is 10.6 Å². The molecule has 0 fully saturated rings. The highest BCUT2D eigenvalue weighted by Gasteiger charge is 2.24. The maximum Gasteiger partial charge on any atom is 0.330 e. The Kier molecular flexibility index (Phi) is 6.98. The van der Waals surface area contributed by atoms with Gasteiger partial charge >= 0.3 is 12.0 Å². The number of para-hydroxylation sites is 1. The quantitative estimate of drug-likeness (QED) is 0.267. The van der Waals surface area contributed by atoms with Crippen LogP contribution in [-0.2, 0) is 4.79 Å². The minimum Gasteiger partial charge on any atom is -0.479 e. The van der Waals surface area contributed by atoms with Crippen molar-refractivity contribution in [3.8, 4) is 0 Å². The number of carboxylic acid groups (broad SMARTS) is 1. The standard InChI is InChI=1S/C27H22ClN3O4/c1-16-8-7-13-21(28)23(16)31-27(35)29-22-15-19-12-6-5-11-18(19)14-20(22)25(32)30-24(26(33)34)17-9-3-2-4-10-17/h2-15,24H,1H3,(H,30,32)(H,33,34)(H2,29,31,35). The molecule has 0 spiro atoms. The first kappa shape index (κ1) is 23.8. The van der Waals surface area contributed by atoms with Crippen molar-refractivity contribution in [1.82, 2.24) is 5.32 Å². The summed E-state index contributed by atoms with van der Waals surface area (Å²) in [6, 6.07) is 22.4. The van der Waals surface area contributed by atoms with E-state index in [-0.39, 0.29) is 11.3 Å². The van der Waals surface area contributed by atoms with Gasteiger partial charge in [0.05, 0.1) is 22.0 Å². The van der Waals surface area contributed by atoms with Crippen molar-refractivity contribution in [2.24, 2.45) is 0 Å². The molecule has 8 heteroatoms. The minimum atomic E-state index is -1.26. The van der Waals surface area contributed by atoms with Crippen LogP contribution in [0, 0.1) is 6.92 Å². The smallest absolute Gasteiger partial charge is 0.330 e. The van der Waals surface area contributed by atoms with Gasteiger partial charge in [0, 0.05) is 0 Å². The van der Waals surface area contributed by atoms with E-state index in [0.29, 0.717) is 16.3 Å². The fourth-order valence-electron chi connectivity index (χ4n) is 3.73. The predicted octanol–water partition coefficient (Wildman–Crippen LogP) is 6.00. The van der Waals surface area contributed by atoms with E-state index >= 15 is 0 Å². The summed E-state index contributed by atoms with van der Waals surface area (Å²) in [7, 11) is 0. The number of benzene rings is 4. The van der Waals surface area contributed by atoms with E-state index in [2.05, 4.69) is 16.0 Å². The Bertz CT molecular complexity index is 1400. The topological polar surface area (TPSA) is 108 Å². The number of anilines is 2. The van der Waals surface area contributed by atoms with Gasteiger partial charge in [-0.3, -0.25) is 4.79 Å². The normalized spacial score (nSPS) is 11.5. The summed E-state index contributed by atoms with van der Waals surface area (Å²) in [6.07, 6.45) is 0. The molecule has 0 radical (unpaired) electrons. The van der Waals surface area contributed by atoms with Crippen LogP contribution in [0.1, 0.15) is 27.5 Å². The summed E-state index contributed by atoms with van der Waals surface area (Å²) < 4.78 is 0. The van der Waals surface area contributed by atoms with Crippen LogP contribution in [0.2, 0.25) is 5.02 Å². The molecule has 35 heavy (non-hydrogen) atoms. The molecule has 1 atom stereocenters. The Balaban J connectivity index is 1.67. The fraction of sp³-hybridized carbons (Fsp3) is 0.0741. The minimum absolute atomic E-state index is 0.122. The highest BCUT2D eigenvalue weighted by atomic mass is 35.5. The van der Waals surface area contributed by atoms with E-state index in [1.807, 2.05) is 37.3 Å². The number of halogens is 1. The Labute approximate surface area is 206 Å². The van der Waals surface area contributed by atoms with Crippen LogP contribution in [0.15, 0.2) is 84.9 Å². The molecule has 4 N–H and O–H groups in total. The largest absolute Gasteiger partial charge is 0.479 e. The molecule has 0 aliphatic rings. The summed E-state index contributed by atoms with van der Waals surface area (Å²) >= 11 is 6.22. The maximum absolute atomic E-state index is 13.3. The van der Waals surface area contributed by atoms with Crippen LogP contribution < -0.4 is 16.0 Å². The van der Waals surface area contributed by atoms with E-state index in [1.165, 1.54) is 0 Å². The number of carbonyl (C=O) groups is 3. The lowest BCUT2D eigenvalue weighted by Crippen LogP contribution is -2.34. The lowest BCUT2D eigenvalue weighted by Gasteiger charge is -2.18. The second-order valence-corrected chi connectivity index (χ2v) is 8.32. The zero-order chi connectivity index (χ0) is 24.9. The van der Waals surface area contributed by atoms with E-state index in [0.717, 1.165) is 16.3 Å². The SMILES string of the molecule is Cc1cccc(Cl)c1NC(=O)Nc1cc2ccccc2cc1C(=O)NC(C(=O)O)c1ccccc1. The van der Waals surface area contributed by atoms with Crippen molar-refractivity contribution in [3.63, 3.8) is 0 Å². The van der Waals surface area contributed by atoms with Gasteiger partial charge in [-0.25, -0.2) is 9.59 Å². The van der Waals surface area contributed by atoms with Gasteiger partial charge in [-0.2, -0.15) is 0 Å². The summed E-state index contributed by atoms with van der Waals surface area (Å²) in [6.45, 7) is 1.81. The molecule has 4 aromatic rings. The van der Waals surface area contributed by atoms with Crippen LogP contribution in [0.3, 0.4) is 0 Å². The molecule has 7 nitrogen and oxygen atoms in total. The molecule has 4 rings (SSSR count). The fourth-order valence-corrected chi connectivity index (χ4v) is 4.00. The van der Waals surface area contributed by atoms with Gasteiger partial charge in [0.1, 0.15) is 0 Å². The first-order valence-corrected chi connectivity index (χ1v) is 11.2. The Hall–Kier alpha value is -4.36. The number of urea groups is 1. The number of aliphatic carboxylic acids is 1. The Morgan fingerprint density at radius 3 is 2.14 bits per heavy atom. The Morgan fingerprint density at radius 1 is 0.829 bits per heavy atom. The predicted molar refractivity (Wildman–Crippen MR) is 137 cm³/mol. The van der Waals surface area contributed by atoms with Crippen LogP contribution in [0.5, 0.6) is 0 Å². The van der Waals surface area contributed by atoms with E-state index in [4.69, 9.17) is 11.6 Å². The second-order valence-electron chi connectivity index (χ2n) is 7.91. The Morgan fingerprint density at radius 2 is 1.49 bits per heavy atom. The molecule has 0 saturated carbocycles. The zero-order valence-corrected chi connectivity index (χ0v) is 19.5. The molecule has 0 saturated heterocycles. The van der Waals surface area contributed by atoms with Crippen molar-refractivity contribution >= 4 is 51.7 Å². The van der Waals surface area contributed by atoms with Gasteiger partial charge in [-0.1, -0.05) is 78.3 Å². The lowest BCUT2D eigenvalue weighted by atomic mass is 10.0. The van der Waals surface area contributed by atoms with Crippen LogP contribution in [0.25, 0.3) is 10.8 Å². The molecule has 0 aliphatic heterocycles. The highest BCUT2D eigenvalue weighted by molar-refractivity contribution is 6.34. The molecule has 0 bridgehead atoms. The third-order valence-electron chi connectivity index (χ3n) is 5.49. The number of carbonyl (C=O) groups excluding carboxylic acids is 2. The zero-order valence-electron chi connectivity index (χ0n) is 18.7. The van der Waals surface area contributed by atoms with Crippen LogP contribution >= 0.6 is 11.6 Å². The number of nitrogens with one attached hydrogen (secondary N) is 3. The monoisotopic (exact) mass is 487 g/mol. The average molecular weight is 488 g/mol. The maximum atomic E-state index is 13.3. The highest BCUT2D eigenvalue weighted by Crippen LogP contribution is 2.28. The first-order chi connectivity index (χ1) is 16.8. The van der Waals surface area contributed by atoms with Crippen molar-refractivity contribution in [2.45, 2.75) is 13.0 Å². The van der Waals surface area contributed by atoms with Gasteiger partial charge in [0.25, 0.3) is 5.91 Å². The van der Waals surface area contributed by atoms with Gasteiger partial charge in [0.15, 0.2) is 6.04 Å². The van der Waals surface area contributed by atoms with Crippen molar-refractivity contribution in [1.29, 1.82) is 0 Å². The van der Waals surface area contributed by atoms with Gasteiger partial charge < -0.3 is 21.1 Å². The number of rotatable bonds is 6. The molecular weight excluding hydrogens is 466 g/mol. The summed E-state index contributed by atoms with van der Waals surface area (Å²) in [5.74, 6) is -1.84. The molecule has 0 aliphatic carbocycles. The molecule has 176 valence electrons. The number of fused-ring (bicyclic) bond motifs is 1. The summed E-state index contributed by atoms with van der Waals surface area (Å²) in [5.41, 5.74) is 2.00. The number of aryl methyl sites for hydroxylation is 1. The molecule has 3 amide bonds. The third kappa shape index (κ3) is 5.42. The van der Waals surface area contributed by atoms with E-state index in [9.17, 15) is 19.5 Å². The molecule has 0 aromatic heterocycles. The van der Waals surface area contributed by atoms with Crippen LogP contribution in [0.4, 0.5) is 16.2 Å². The van der Waals surface area contributed by atoms with Crippen molar-refractivity contribution in [3.05, 3.63) is 107 Å². The lowest BCUT2D eigenvalue weighted by molar-refractivity contribution is -0.139. The number of hydrogen-bond acceptors (Lipinski definition) is 3. The summed E-state index contributed by atoms with van der Waals surface area (Å²) in [4.78, 5) is 38.0. The van der Waals surface area contributed by atoms with Crippen LogP contribution in [-0.4, -0.2) is 23.0 Å². The van der Waals surface area contributed by atoms with Gasteiger partial charge in [-0.15, -0.1) is 0 Å². The molecular formula is C27H22ClN3O4. The third-order valence-corrected chi connectivity index (χ3v) is 5.81. The van der Waals surface area contributed by atoms with Gasteiger partial charge in [-0.05, 0) is 47.0 Å². The summed E-state index contributed by atoms with van der Waals surface area (Å²) in [5, 5.41) is 19.6. The van der Waals surface area contributed by atoms with E-state index < -0.39 is 23.9 Å². The molecule has 0 heterocycles. The average Bonchev–Trinajstić information content (AvgIpc) is 2.84.